The molecule has 0 amide bonds. The van der Waals surface area contributed by atoms with E-state index in [0.717, 1.165) is 5.75 Å². The molecule has 0 spiro atoms. The van der Waals surface area contributed by atoms with Crippen molar-refractivity contribution in [3.8, 4) is 5.75 Å². The van der Waals surface area contributed by atoms with Crippen molar-refractivity contribution in [1.82, 2.24) is 0 Å². The second kappa shape index (κ2) is 4.62. The Morgan fingerprint density at radius 2 is 1.94 bits per heavy atom. The Bertz CT molecular complexity index is 555. The first-order chi connectivity index (χ1) is 8.13. The number of rotatable bonds is 3. The van der Waals surface area contributed by atoms with Crippen LogP contribution in [0.3, 0.4) is 0 Å². The lowest BCUT2D eigenvalue weighted by molar-refractivity contribution is 0.267. The molecular formula is C16H18O. The lowest BCUT2D eigenvalue weighted by Crippen LogP contribution is -2.09. The highest BCUT2D eigenvalue weighted by Gasteiger charge is 2.10. The summed E-state index contributed by atoms with van der Waals surface area (Å²) in [5.74, 6) is 0.983. The van der Waals surface area contributed by atoms with Crippen molar-refractivity contribution in [3.05, 3.63) is 54.1 Å². The molecule has 2 rings (SSSR count). The molecule has 1 nitrogen and oxygen atoms in total. The van der Waals surface area contributed by atoms with Gasteiger partial charge in [-0.25, -0.2) is 0 Å². The lowest BCUT2D eigenvalue weighted by Gasteiger charge is -2.17. The summed E-state index contributed by atoms with van der Waals surface area (Å²) in [4.78, 5) is 0. The van der Waals surface area contributed by atoms with Crippen LogP contribution >= 0.6 is 0 Å². The minimum absolute atomic E-state index is 0.0357. The van der Waals surface area contributed by atoms with Crippen LogP contribution in [0.4, 0.5) is 0 Å². The monoisotopic (exact) mass is 226 g/mol. The Balaban J connectivity index is 2.59. The van der Waals surface area contributed by atoms with Crippen LogP contribution in [0.25, 0.3) is 10.8 Å². The standard InChI is InChI=1S/C16H18O/c1-5-12(3)17-16-11(2)10-14-8-6-7-9-15(14)13(16)4/h5-10,12H,1H2,2-4H3. The molecule has 1 unspecified atom stereocenters. The highest BCUT2D eigenvalue weighted by Crippen LogP contribution is 2.31. The third-order valence-corrected chi connectivity index (χ3v) is 3.07. The fourth-order valence-corrected chi connectivity index (χ4v) is 2.10. The lowest BCUT2D eigenvalue weighted by atomic mass is 10.0. The summed E-state index contributed by atoms with van der Waals surface area (Å²) >= 11 is 0. The Morgan fingerprint density at radius 1 is 1.24 bits per heavy atom. The fraction of sp³-hybridized carbons (Fsp3) is 0.250. The average molecular weight is 226 g/mol. The fourth-order valence-electron chi connectivity index (χ4n) is 2.10. The molecule has 88 valence electrons. The molecule has 0 saturated heterocycles. The summed E-state index contributed by atoms with van der Waals surface area (Å²) in [5, 5.41) is 2.52. The van der Waals surface area contributed by atoms with Gasteiger partial charge in [-0.3, -0.25) is 0 Å². The minimum Gasteiger partial charge on any atom is -0.486 e. The van der Waals surface area contributed by atoms with Gasteiger partial charge in [0, 0.05) is 0 Å². The third kappa shape index (κ3) is 2.19. The van der Waals surface area contributed by atoms with Crippen molar-refractivity contribution >= 4 is 10.8 Å². The van der Waals surface area contributed by atoms with E-state index in [4.69, 9.17) is 4.74 Å². The molecule has 0 N–H and O–H groups in total. The van der Waals surface area contributed by atoms with Crippen molar-refractivity contribution in [1.29, 1.82) is 0 Å². The van der Waals surface area contributed by atoms with Crippen molar-refractivity contribution in [2.24, 2.45) is 0 Å². The van der Waals surface area contributed by atoms with E-state index < -0.39 is 0 Å². The molecule has 0 saturated carbocycles. The largest absolute Gasteiger partial charge is 0.486 e. The molecule has 0 heterocycles. The van der Waals surface area contributed by atoms with E-state index in [1.807, 2.05) is 13.0 Å². The van der Waals surface area contributed by atoms with E-state index in [1.54, 1.807) is 0 Å². The van der Waals surface area contributed by atoms with Gasteiger partial charge in [0.15, 0.2) is 0 Å². The Morgan fingerprint density at radius 3 is 2.65 bits per heavy atom. The smallest absolute Gasteiger partial charge is 0.126 e. The van der Waals surface area contributed by atoms with Crippen LogP contribution in [-0.2, 0) is 0 Å². The van der Waals surface area contributed by atoms with Crippen LogP contribution in [0.1, 0.15) is 18.1 Å². The Labute approximate surface area is 103 Å². The van der Waals surface area contributed by atoms with Gasteiger partial charge in [0.2, 0.25) is 0 Å². The van der Waals surface area contributed by atoms with Gasteiger partial charge < -0.3 is 4.74 Å². The molecule has 0 bridgehead atoms. The van der Waals surface area contributed by atoms with Crippen molar-refractivity contribution in [2.75, 3.05) is 0 Å². The maximum absolute atomic E-state index is 5.92. The molecule has 0 radical (unpaired) electrons. The normalized spacial score (nSPS) is 12.4. The summed E-state index contributed by atoms with van der Waals surface area (Å²) < 4.78 is 5.92. The minimum atomic E-state index is 0.0357. The molecule has 0 aliphatic carbocycles. The number of benzene rings is 2. The van der Waals surface area contributed by atoms with Crippen LogP contribution in [-0.4, -0.2) is 6.10 Å². The zero-order chi connectivity index (χ0) is 12.4. The zero-order valence-corrected chi connectivity index (χ0v) is 10.7. The van der Waals surface area contributed by atoms with Gasteiger partial charge in [-0.2, -0.15) is 0 Å². The van der Waals surface area contributed by atoms with Gasteiger partial charge in [-0.15, -0.1) is 0 Å². The SMILES string of the molecule is C=CC(C)Oc1c(C)cc2ccccc2c1C. The maximum Gasteiger partial charge on any atom is 0.126 e. The van der Waals surface area contributed by atoms with Gasteiger partial charge in [0.05, 0.1) is 0 Å². The summed E-state index contributed by atoms with van der Waals surface area (Å²) in [7, 11) is 0. The van der Waals surface area contributed by atoms with Crippen LogP contribution in [0, 0.1) is 13.8 Å². The van der Waals surface area contributed by atoms with Crippen molar-refractivity contribution < 1.29 is 4.74 Å². The molecule has 2 aromatic rings. The first-order valence-electron chi connectivity index (χ1n) is 5.91. The second-order valence-electron chi connectivity index (χ2n) is 4.43. The summed E-state index contributed by atoms with van der Waals surface area (Å²) in [6.07, 6.45) is 1.85. The van der Waals surface area contributed by atoms with Crippen LogP contribution < -0.4 is 4.74 Å². The van der Waals surface area contributed by atoms with Crippen LogP contribution in [0.2, 0.25) is 0 Å². The molecule has 0 fully saturated rings. The summed E-state index contributed by atoms with van der Waals surface area (Å²) in [6.45, 7) is 9.95. The molecule has 1 heteroatoms. The first-order valence-corrected chi connectivity index (χ1v) is 5.91. The predicted molar refractivity (Wildman–Crippen MR) is 73.7 cm³/mol. The van der Waals surface area contributed by atoms with Crippen LogP contribution in [0.5, 0.6) is 5.75 Å². The van der Waals surface area contributed by atoms with E-state index in [9.17, 15) is 0 Å². The topological polar surface area (TPSA) is 9.23 Å². The number of aryl methyl sites for hydroxylation is 2. The van der Waals surface area contributed by atoms with Gasteiger partial charge in [-0.05, 0) is 48.7 Å². The van der Waals surface area contributed by atoms with E-state index in [2.05, 4.69) is 50.8 Å². The predicted octanol–water partition coefficient (Wildman–Crippen LogP) is 4.41. The zero-order valence-electron chi connectivity index (χ0n) is 10.7. The van der Waals surface area contributed by atoms with Gasteiger partial charge in [0.1, 0.15) is 11.9 Å². The third-order valence-electron chi connectivity index (χ3n) is 3.07. The molecule has 1 atom stereocenters. The number of hydrogen-bond acceptors (Lipinski definition) is 1. The van der Waals surface area contributed by atoms with Crippen molar-refractivity contribution in [3.63, 3.8) is 0 Å². The molecule has 17 heavy (non-hydrogen) atoms. The first kappa shape index (κ1) is 11.7. The molecular weight excluding hydrogens is 208 g/mol. The number of fused-ring (bicyclic) bond motifs is 1. The van der Waals surface area contributed by atoms with Crippen LogP contribution in [0.15, 0.2) is 43.0 Å². The van der Waals surface area contributed by atoms with Crippen molar-refractivity contribution in [2.45, 2.75) is 26.9 Å². The number of ether oxygens (including phenoxy) is 1. The van der Waals surface area contributed by atoms with E-state index in [0.29, 0.717) is 0 Å². The molecule has 0 aromatic heterocycles. The quantitative estimate of drug-likeness (QED) is 0.704. The van der Waals surface area contributed by atoms with E-state index in [1.165, 1.54) is 21.9 Å². The Kier molecular flexibility index (Phi) is 3.19. The van der Waals surface area contributed by atoms with E-state index >= 15 is 0 Å². The maximum atomic E-state index is 5.92. The highest BCUT2D eigenvalue weighted by atomic mass is 16.5. The second-order valence-corrected chi connectivity index (χ2v) is 4.43. The highest BCUT2D eigenvalue weighted by molar-refractivity contribution is 5.88. The average Bonchev–Trinajstić information content (AvgIpc) is 2.34. The summed E-state index contributed by atoms with van der Waals surface area (Å²) in [5.41, 5.74) is 2.38. The van der Waals surface area contributed by atoms with Gasteiger partial charge in [-0.1, -0.05) is 36.9 Å². The Hall–Kier alpha value is -1.76. The van der Waals surface area contributed by atoms with Gasteiger partial charge in [0.25, 0.3) is 0 Å². The number of hydrogen-bond donors (Lipinski definition) is 0. The molecule has 0 aliphatic heterocycles. The molecule has 2 aromatic carbocycles. The molecule has 0 aliphatic rings. The van der Waals surface area contributed by atoms with Gasteiger partial charge >= 0.3 is 0 Å². The summed E-state index contributed by atoms with van der Waals surface area (Å²) in [6, 6.07) is 10.6. The van der Waals surface area contributed by atoms with E-state index in [-0.39, 0.29) is 6.10 Å².